The number of para-hydroxylation sites is 1. The fraction of sp³-hybridized carbons (Fsp3) is 0.0625. The molecule has 2 aromatic carbocycles. The van der Waals surface area contributed by atoms with Crippen LogP contribution in [0.2, 0.25) is 0 Å². The highest BCUT2D eigenvalue weighted by Crippen LogP contribution is 2.21. The van der Waals surface area contributed by atoms with Gasteiger partial charge in [-0.05, 0) is 45.8 Å². The highest BCUT2D eigenvalue weighted by molar-refractivity contribution is 9.10. The predicted molar refractivity (Wildman–Crippen MR) is 80.2 cm³/mol. The maximum Gasteiger partial charge on any atom is 0.138 e. The van der Waals surface area contributed by atoms with Gasteiger partial charge in [-0.3, -0.25) is 4.98 Å². The Balaban J connectivity index is 1.77. The summed E-state index contributed by atoms with van der Waals surface area (Å²) in [5.41, 5.74) is 1.83. The summed E-state index contributed by atoms with van der Waals surface area (Å²) in [6, 6.07) is 14.6. The number of benzene rings is 2. The van der Waals surface area contributed by atoms with Crippen molar-refractivity contribution >= 4 is 26.8 Å². The monoisotopic (exact) mass is 331 g/mol. The van der Waals surface area contributed by atoms with Gasteiger partial charge in [0.15, 0.2) is 0 Å². The first-order valence-corrected chi connectivity index (χ1v) is 6.93. The molecule has 1 aromatic heterocycles. The Labute approximate surface area is 124 Å². The van der Waals surface area contributed by atoms with E-state index in [1.807, 2.05) is 30.3 Å². The third-order valence-electron chi connectivity index (χ3n) is 2.95. The highest BCUT2D eigenvalue weighted by atomic mass is 79.9. The maximum atomic E-state index is 13.1. The number of fused-ring (bicyclic) bond motifs is 1. The molecule has 0 fully saturated rings. The number of ether oxygens (including phenoxy) is 1. The number of hydrogen-bond acceptors (Lipinski definition) is 2. The van der Waals surface area contributed by atoms with Gasteiger partial charge < -0.3 is 4.74 Å². The van der Waals surface area contributed by atoms with Crippen LogP contribution in [0.4, 0.5) is 4.39 Å². The highest BCUT2D eigenvalue weighted by Gasteiger charge is 2.02. The SMILES string of the molecule is Fc1ccc(COc2cnc3ccccc3c2)cc1Br. The molecule has 0 unspecified atom stereocenters. The standard InChI is InChI=1S/C16H11BrFNO/c17-14-7-11(5-6-15(14)18)10-20-13-8-12-3-1-2-4-16(12)19-9-13/h1-9H,10H2. The summed E-state index contributed by atoms with van der Waals surface area (Å²) in [6.07, 6.45) is 1.70. The van der Waals surface area contributed by atoms with Crippen LogP contribution in [0.1, 0.15) is 5.56 Å². The van der Waals surface area contributed by atoms with Gasteiger partial charge in [0.05, 0.1) is 16.2 Å². The lowest BCUT2D eigenvalue weighted by Gasteiger charge is -2.07. The minimum Gasteiger partial charge on any atom is -0.487 e. The third kappa shape index (κ3) is 2.80. The van der Waals surface area contributed by atoms with Gasteiger partial charge in [-0.1, -0.05) is 24.3 Å². The Morgan fingerprint density at radius 1 is 1.10 bits per heavy atom. The zero-order chi connectivity index (χ0) is 13.9. The van der Waals surface area contributed by atoms with Crippen LogP contribution in [0.15, 0.2) is 59.2 Å². The molecule has 0 aliphatic heterocycles. The molecule has 0 saturated heterocycles. The van der Waals surface area contributed by atoms with Gasteiger partial charge in [-0.2, -0.15) is 0 Å². The van der Waals surface area contributed by atoms with Crippen molar-refractivity contribution in [1.29, 1.82) is 0 Å². The smallest absolute Gasteiger partial charge is 0.138 e. The van der Waals surface area contributed by atoms with Gasteiger partial charge in [-0.25, -0.2) is 4.39 Å². The van der Waals surface area contributed by atoms with Crippen molar-refractivity contribution in [2.24, 2.45) is 0 Å². The summed E-state index contributed by atoms with van der Waals surface area (Å²) >= 11 is 3.16. The van der Waals surface area contributed by atoms with Gasteiger partial charge in [0.1, 0.15) is 18.2 Å². The van der Waals surface area contributed by atoms with Crippen molar-refractivity contribution in [3.63, 3.8) is 0 Å². The summed E-state index contributed by atoms with van der Waals surface area (Å²) in [6.45, 7) is 0.374. The molecule has 0 bridgehead atoms. The first kappa shape index (κ1) is 13.1. The Kier molecular flexibility index (Phi) is 3.65. The van der Waals surface area contributed by atoms with Gasteiger partial charge in [-0.15, -0.1) is 0 Å². The lowest BCUT2D eigenvalue weighted by Crippen LogP contribution is -1.96. The number of aromatic nitrogens is 1. The first-order chi connectivity index (χ1) is 9.72. The van der Waals surface area contributed by atoms with Crippen molar-refractivity contribution in [3.8, 4) is 5.75 Å². The van der Waals surface area contributed by atoms with Gasteiger partial charge in [0.25, 0.3) is 0 Å². The molecule has 3 rings (SSSR count). The van der Waals surface area contributed by atoms with Gasteiger partial charge in [0, 0.05) is 5.39 Å². The van der Waals surface area contributed by atoms with Crippen LogP contribution in [0.3, 0.4) is 0 Å². The average molecular weight is 332 g/mol. The molecule has 0 N–H and O–H groups in total. The van der Waals surface area contributed by atoms with E-state index in [4.69, 9.17) is 4.74 Å². The quantitative estimate of drug-likeness (QED) is 0.693. The molecule has 2 nitrogen and oxygen atoms in total. The van der Waals surface area contributed by atoms with Crippen molar-refractivity contribution in [3.05, 3.63) is 70.6 Å². The van der Waals surface area contributed by atoms with E-state index >= 15 is 0 Å². The number of halogens is 2. The normalized spacial score (nSPS) is 10.7. The maximum absolute atomic E-state index is 13.1. The third-order valence-corrected chi connectivity index (χ3v) is 3.56. The van der Waals surface area contributed by atoms with E-state index in [1.54, 1.807) is 18.3 Å². The second kappa shape index (κ2) is 5.59. The molecule has 1 heterocycles. The average Bonchev–Trinajstić information content (AvgIpc) is 2.48. The zero-order valence-corrected chi connectivity index (χ0v) is 12.1. The fourth-order valence-corrected chi connectivity index (χ4v) is 2.35. The van der Waals surface area contributed by atoms with Crippen molar-refractivity contribution in [2.75, 3.05) is 0 Å². The molecule has 0 aliphatic rings. The van der Waals surface area contributed by atoms with Crippen molar-refractivity contribution < 1.29 is 9.13 Å². The van der Waals surface area contributed by atoms with E-state index in [0.29, 0.717) is 16.8 Å². The van der Waals surface area contributed by atoms with Gasteiger partial charge in [0.2, 0.25) is 0 Å². The van der Waals surface area contributed by atoms with E-state index in [-0.39, 0.29) is 5.82 Å². The van der Waals surface area contributed by atoms with E-state index < -0.39 is 0 Å². The molecule has 0 radical (unpaired) electrons. The summed E-state index contributed by atoms with van der Waals surface area (Å²) in [5.74, 6) is 0.422. The largest absolute Gasteiger partial charge is 0.487 e. The number of hydrogen-bond donors (Lipinski definition) is 0. The van der Waals surface area contributed by atoms with Crippen LogP contribution in [-0.2, 0) is 6.61 Å². The molecule has 4 heteroatoms. The molecule has 0 aliphatic carbocycles. The van der Waals surface area contributed by atoms with Crippen LogP contribution in [0.5, 0.6) is 5.75 Å². The molecule has 0 atom stereocenters. The zero-order valence-electron chi connectivity index (χ0n) is 10.5. The van der Waals surface area contributed by atoms with E-state index in [9.17, 15) is 4.39 Å². The molecule has 20 heavy (non-hydrogen) atoms. The molecular weight excluding hydrogens is 321 g/mol. The van der Waals surface area contributed by atoms with Crippen LogP contribution >= 0.6 is 15.9 Å². The van der Waals surface area contributed by atoms with E-state index in [1.165, 1.54) is 6.07 Å². The van der Waals surface area contributed by atoms with Crippen molar-refractivity contribution in [2.45, 2.75) is 6.61 Å². The van der Waals surface area contributed by atoms with Gasteiger partial charge >= 0.3 is 0 Å². The van der Waals surface area contributed by atoms with Crippen LogP contribution < -0.4 is 4.74 Å². The predicted octanol–water partition coefficient (Wildman–Crippen LogP) is 4.72. The summed E-state index contributed by atoms with van der Waals surface area (Å²) in [4.78, 5) is 4.33. The topological polar surface area (TPSA) is 22.1 Å². The van der Waals surface area contributed by atoms with Crippen molar-refractivity contribution in [1.82, 2.24) is 4.98 Å². The number of rotatable bonds is 3. The fourth-order valence-electron chi connectivity index (χ4n) is 1.93. The lowest BCUT2D eigenvalue weighted by molar-refractivity contribution is 0.305. The minimum atomic E-state index is -0.277. The molecule has 100 valence electrons. The number of nitrogens with zero attached hydrogens (tertiary/aromatic N) is 1. The second-order valence-corrected chi connectivity index (χ2v) is 5.26. The Bertz CT molecular complexity index is 760. The number of pyridine rings is 1. The summed E-state index contributed by atoms with van der Waals surface area (Å²) in [5, 5.41) is 1.03. The molecule has 3 aromatic rings. The van der Waals surface area contributed by atoms with Crippen LogP contribution in [-0.4, -0.2) is 4.98 Å². The molecule has 0 amide bonds. The lowest BCUT2D eigenvalue weighted by atomic mass is 10.2. The summed E-state index contributed by atoms with van der Waals surface area (Å²) < 4.78 is 19.3. The summed E-state index contributed by atoms with van der Waals surface area (Å²) in [7, 11) is 0. The molecular formula is C16H11BrFNO. The first-order valence-electron chi connectivity index (χ1n) is 6.14. The van der Waals surface area contributed by atoms with E-state index in [2.05, 4.69) is 20.9 Å². The Morgan fingerprint density at radius 3 is 2.80 bits per heavy atom. The minimum absolute atomic E-state index is 0.277. The second-order valence-electron chi connectivity index (χ2n) is 4.40. The Hall–Kier alpha value is -1.94. The molecule has 0 saturated carbocycles. The molecule has 0 spiro atoms. The Morgan fingerprint density at radius 2 is 1.95 bits per heavy atom. The van der Waals surface area contributed by atoms with Crippen LogP contribution in [0, 0.1) is 5.82 Å². The van der Waals surface area contributed by atoms with E-state index in [0.717, 1.165) is 16.5 Å². The van der Waals surface area contributed by atoms with Crippen LogP contribution in [0.25, 0.3) is 10.9 Å².